The molecule has 1 rings (SSSR count). The molecule has 0 saturated carbocycles. The van der Waals surface area contributed by atoms with E-state index in [9.17, 15) is 9.59 Å². The predicted molar refractivity (Wildman–Crippen MR) is 75.2 cm³/mol. The minimum Gasteiger partial charge on any atom is -0.365 e. The van der Waals surface area contributed by atoms with Crippen LogP contribution in [0.2, 0.25) is 0 Å². The van der Waals surface area contributed by atoms with Crippen LogP contribution in [0.5, 0.6) is 0 Å². The third kappa shape index (κ3) is 3.59. The van der Waals surface area contributed by atoms with Crippen molar-refractivity contribution in [1.82, 2.24) is 4.57 Å². The second-order valence-electron chi connectivity index (χ2n) is 2.99. The average Bonchev–Trinajstić information content (AvgIpc) is 2.38. The molecule has 0 bridgehead atoms. The first-order chi connectivity index (χ1) is 8.61. The fraction of sp³-hybridized carbons (Fsp3) is 0.143. The van der Waals surface area contributed by atoms with Crippen molar-refractivity contribution in [3.05, 3.63) is 65.6 Å². The summed E-state index contributed by atoms with van der Waals surface area (Å²) in [6, 6.07) is 2.96. The molecule has 0 radical (unpaired) electrons. The van der Waals surface area contributed by atoms with E-state index < -0.39 is 11.5 Å². The predicted octanol–water partition coefficient (Wildman–Crippen LogP) is 2.19. The van der Waals surface area contributed by atoms with Crippen LogP contribution in [0.1, 0.15) is 24.2 Å². The molecule has 0 spiro atoms. The lowest BCUT2D eigenvalue weighted by atomic mass is 10.2. The van der Waals surface area contributed by atoms with Gasteiger partial charge in [-0.05, 0) is 24.3 Å². The number of amides is 1. The van der Waals surface area contributed by atoms with Crippen molar-refractivity contribution in [2.45, 2.75) is 13.8 Å². The van der Waals surface area contributed by atoms with E-state index in [1.165, 1.54) is 29.0 Å². The highest BCUT2D eigenvalue weighted by Crippen LogP contribution is 2.03. The normalized spacial score (nSPS) is 10.0. The van der Waals surface area contributed by atoms with E-state index in [0.717, 1.165) is 0 Å². The molecule has 0 aliphatic carbocycles. The molecule has 2 N–H and O–H groups in total. The first kappa shape index (κ1) is 15.6. The Balaban J connectivity index is 0.00000137. The van der Waals surface area contributed by atoms with Crippen LogP contribution in [-0.2, 0) is 0 Å². The van der Waals surface area contributed by atoms with Gasteiger partial charge in [-0.25, -0.2) is 0 Å². The summed E-state index contributed by atoms with van der Waals surface area (Å²) in [5.41, 5.74) is 5.09. The second-order valence-corrected chi connectivity index (χ2v) is 2.99. The molecule has 0 aliphatic heterocycles. The van der Waals surface area contributed by atoms with Gasteiger partial charge in [-0.15, -0.1) is 0 Å². The summed E-state index contributed by atoms with van der Waals surface area (Å²) in [5.74, 6) is -0.749. The van der Waals surface area contributed by atoms with Crippen molar-refractivity contribution in [3.8, 4) is 0 Å². The van der Waals surface area contributed by atoms with Crippen molar-refractivity contribution in [3.63, 3.8) is 0 Å². The van der Waals surface area contributed by atoms with Gasteiger partial charge in [0.1, 0.15) is 5.56 Å². The number of nitrogens with two attached hydrogens (primary N) is 1. The third-order valence-electron chi connectivity index (χ3n) is 1.99. The van der Waals surface area contributed by atoms with Crippen LogP contribution in [0.4, 0.5) is 0 Å². The highest BCUT2D eigenvalue weighted by Gasteiger charge is 2.08. The lowest BCUT2D eigenvalue weighted by molar-refractivity contribution is 0.0998. The van der Waals surface area contributed by atoms with Crippen molar-refractivity contribution >= 4 is 11.6 Å². The number of carbonyl (C=O) groups excluding carboxylic acids is 1. The number of hydrogen-bond donors (Lipinski definition) is 1. The molecule has 1 amide bonds. The Hall–Kier alpha value is -2.36. The summed E-state index contributed by atoms with van der Waals surface area (Å²) in [6.07, 6.45) is 6.17. The smallest absolute Gasteiger partial charge is 0.267 e. The van der Waals surface area contributed by atoms with Gasteiger partial charge in [-0.1, -0.05) is 33.1 Å². The van der Waals surface area contributed by atoms with Crippen LogP contribution in [0.3, 0.4) is 0 Å². The number of allylic oxidation sites excluding steroid dienone is 4. The number of rotatable bonds is 4. The number of carbonyl (C=O) groups is 1. The third-order valence-corrected chi connectivity index (χ3v) is 1.99. The van der Waals surface area contributed by atoms with Crippen LogP contribution in [0, 0.1) is 0 Å². The molecule has 0 unspecified atom stereocenters. The number of aromatic nitrogens is 1. The molecule has 0 aliphatic rings. The SMILES string of the molecule is C=C/C=C(\C=C)n1cccc(C(N)=O)c1=O.CC. The fourth-order valence-corrected chi connectivity index (χ4v) is 1.25. The van der Waals surface area contributed by atoms with Gasteiger partial charge in [0, 0.05) is 11.9 Å². The van der Waals surface area contributed by atoms with Gasteiger partial charge in [0.2, 0.25) is 0 Å². The summed E-state index contributed by atoms with van der Waals surface area (Å²) in [7, 11) is 0. The highest BCUT2D eigenvalue weighted by molar-refractivity contribution is 5.92. The molecule has 4 nitrogen and oxygen atoms in total. The highest BCUT2D eigenvalue weighted by atomic mass is 16.2. The summed E-state index contributed by atoms with van der Waals surface area (Å²) < 4.78 is 1.29. The molecule has 0 aromatic carbocycles. The van der Waals surface area contributed by atoms with Crippen LogP contribution in [-0.4, -0.2) is 10.5 Å². The van der Waals surface area contributed by atoms with Crippen LogP contribution >= 0.6 is 0 Å². The molecule has 1 heterocycles. The molecule has 0 atom stereocenters. The number of hydrogen-bond acceptors (Lipinski definition) is 2. The quantitative estimate of drug-likeness (QED) is 0.827. The van der Waals surface area contributed by atoms with E-state index in [2.05, 4.69) is 13.2 Å². The Morgan fingerprint density at radius 2 is 2.00 bits per heavy atom. The zero-order valence-corrected chi connectivity index (χ0v) is 10.7. The Morgan fingerprint density at radius 1 is 1.39 bits per heavy atom. The van der Waals surface area contributed by atoms with Gasteiger partial charge in [-0.2, -0.15) is 0 Å². The van der Waals surface area contributed by atoms with E-state index in [-0.39, 0.29) is 5.56 Å². The second kappa shape index (κ2) is 7.84. The van der Waals surface area contributed by atoms with Crippen molar-refractivity contribution in [2.75, 3.05) is 0 Å². The first-order valence-electron chi connectivity index (χ1n) is 5.58. The Bertz CT molecular complexity index is 525. The van der Waals surface area contributed by atoms with E-state index in [0.29, 0.717) is 5.70 Å². The van der Waals surface area contributed by atoms with Crippen LogP contribution in [0.25, 0.3) is 5.70 Å². The molecule has 96 valence electrons. The standard InChI is InChI=1S/C12H12N2O2.C2H6/c1-3-6-9(4-2)14-8-5-7-10(11(13)15)12(14)16;1-2/h3-8H,1-2H2,(H2,13,15);1-2H3/b9-6+;. The lowest BCUT2D eigenvalue weighted by Gasteiger charge is -2.06. The molecular weight excluding hydrogens is 228 g/mol. The maximum atomic E-state index is 11.8. The van der Waals surface area contributed by atoms with E-state index in [1.807, 2.05) is 13.8 Å². The van der Waals surface area contributed by atoms with Gasteiger partial charge in [-0.3, -0.25) is 14.2 Å². The van der Waals surface area contributed by atoms with Gasteiger partial charge >= 0.3 is 0 Å². The molecule has 1 aromatic heterocycles. The molecule has 0 saturated heterocycles. The largest absolute Gasteiger partial charge is 0.365 e. The maximum Gasteiger partial charge on any atom is 0.267 e. The van der Waals surface area contributed by atoms with Gasteiger partial charge in [0.15, 0.2) is 0 Å². The number of primary amides is 1. The minimum absolute atomic E-state index is 0.0562. The summed E-state index contributed by atoms with van der Waals surface area (Å²) in [5, 5.41) is 0. The van der Waals surface area contributed by atoms with E-state index in [1.54, 1.807) is 12.1 Å². The van der Waals surface area contributed by atoms with Crippen LogP contribution < -0.4 is 11.3 Å². The Morgan fingerprint density at radius 3 is 2.44 bits per heavy atom. The minimum atomic E-state index is -0.749. The summed E-state index contributed by atoms with van der Waals surface area (Å²) in [4.78, 5) is 22.8. The summed E-state index contributed by atoms with van der Waals surface area (Å²) >= 11 is 0. The Kier molecular flexibility index (Phi) is 6.81. The zero-order valence-electron chi connectivity index (χ0n) is 10.7. The van der Waals surface area contributed by atoms with Gasteiger partial charge in [0.25, 0.3) is 11.5 Å². The van der Waals surface area contributed by atoms with Crippen molar-refractivity contribution in [1.29, 1.82) is 0 Å². The lowest BCUT2D eigenvalue weighted by Crippen LogP contribution is -2.28. The summed E-state index contributed by atoms with van der Waals surface area (Å²) in [6.45, 7) is 11.1. The fourth-order valence-electron chi connectivity index (χ4n) is 1.25. The van der Waals surface area contributed by atoms with E-state index in [4.69, 9.17) is 5.73 Å². The molecule has 1 aromatic rings. The van der Waals surface area contributed by atoms with Gasteiger partial charge in [0.05, 0.1) is 0 Å². The molecular formula is C14H18N2O2. The average molecular weight is 246 g/mol. The van der Waals surface area contributed by atoms with Gasteiger partial charge < -0.3 is 5.73 Å². The topological polar surface area (TPSA) is 65.1 Å². The molecule has 0 fully saturated rings. The molecule has 18 heavy (non-hydrogen) atoms. The number of pyridine rings is 1. The van der Waals surface area contributed by atoms with E-state index >= 15 is 0 Å². The maximum absolute atomic E-state index is 11.8. The zero-order chi connectivity index (χ0) is 14.1. The Labute approximate surface area is 107 Å². The van der Waals surface area contributed by atoms with Crippen molar-refractivity contribution in [2.24, 2.45) is 5.73 Å². The van der Waals surface area contributed by atoms with Crippen molar-refractivity contribution < 1.29 is 4.79 Å². The first-order valence-corrected chi connectivity index (χ1v) is 5.58. The van der Waals surface area contributed by atoms with Crippen LogP contribution in [0.15, 0.2) is 54.5 Å². The monoisotopic (exact) mass is 246 g/mol. The molecule has 4 heteroatoms. The number of nitrogens with zero attached hydrogens (tertiary/aromatic N) is 1.